The van der Waals surface area contributed by atoms with Gasteiger partial charge < -0.3 is 20.1 Å². The molecule has 0 aromatic heterocycles. The van der Waals surface area contributed by atoms with Gasteiger partial charge in [-0.25, -0.2) is 4.79 Å². The van der Waals surface area contributed by atoms with E-state index in [4.69, 9.17) is 4.74 Å². The van der Waals surface area contributed by atoms with Crippen LogP contribution in [0.1, 0.15) is 20.8 Å². The predicted molar refractivity (Wildman–Crippen MR) is 58.8 cm³/mol. The molecule has 0 bridgehead atoms. The van der Waals surface area contributed by atoms with E-state index < -0.39 is 11.7 Å². The van der Waals surface area contributed by atoms with Crippen LogP contribution in [0.3, 0.4) is 0 Å². The number of amides is 1. The number of nitrogens with zero attached hydrogens (tertiary/aromatic N) is 4. The number of hydrogen-bond acceptors (Lipinski definition) is 5. The molecule has 8 nitrogen and oxygen atoms in total. The van der Waals surface area contributed by atoms with Gasteiger partial charge in [-0.3, -0.25) is 0 Å². The number of rotatable bonds is 1. The van der Waals surface area contributed by atoms with E-state index in [1.807, 2.05) is 0 Å². The van der Waals surface area contributed by atoms with E-state index >= 15 is 0 Å². The molecule has 0 aliphatic carbocycles. The fraction of sp³-hybridized carbons (Fsp3) is 0.889. The molecule has 0 spiro atoms. The largest absolute Gasteiger partial charge is 1.00 e. The fourth-order valence-corrected chi connectivity index (χ4v) is 1.43. The molecular formula is C9H17N4NaO4. The summed E-state index contributed by atoms with van der Waals surface area (Å²) in [5.74, 6) is 0. The maximum Gasteiger partial charge on any atom is 1.00 e. The Balaban J connectivity index is 0.00000289. The van der Waals surface area contributed by atoms with Crippen LogP contribution < -0.4 is 29.6 Å². The molecule has 0 unspecified atom stereocenters. The number of carbonyl (C=O) groups excluding carboxylic acids is 1. The summed E-state index contributed by atoms with van der Waals surface area (Å²) in [6, 6.07) is 0. The van der Waals surface area contributed by atoms with Crippen molar-refractivity contribution in [2.24, 2.45) is 5.28 Å². The van der Waals surface area contributed by atoms with Gasteiger partial charge in [0.05, 0.1) is 13.1 Å². The van der Waals surface area contributed by atoms with Crippen LogP contribution in [0.5, 0.6) is 0 Å². The zero-order valence-corrected chi connectivity index (χ0v) is 13.3. The van der Waals surface area contributed by atoms with Crippen molar-refractivity contribution in [3.63, 3.8) is 0 Å². The normalized spacial score (nSPS) is 17.2. The van der Waals surface area contributed by atoms with Crippen LogP contribution in [-0.4, -0.2) is 52.8 Å². The number of piperazine rings is 1. The first-order chi connectivity index (χ1) is 7.83. The smallest absolute Gasteiger partial charge is 0.737 e. The number of hydrazine groups is 1. The van der Waals surface area contributed by atoms with E-state index in [9.17, 15) is 15.2 Å². The summed E-state index contributed by atoms with van der Waals surface area (Å²) in [5, 5.41) is 24.4. The molecule has 1 fully saturated rings. The van der Waals surface area contributed by atoms with E-state index in [0.29, 0.717) is 13.1 Å². The van der Waals surface area contributed by atoms with Gasteiger partial charge in [-0.05, 0) is 26.0 Å². The number of carbonyl (C=O) groups is 1. The Bertz CT molecular complexity index is 310. The standard InChI is InChI=1S/C9H18N4O4.Na/c1-9(2,3)17-8(14)11-4-6-12(7-5-11)13(16)10-15;/h15H,4-7H2,1-3H3;/q;+1/p-1/b13-10+;. The van der Waals surface area contributed by atoms with E-state index in [2.05, 4.69) is 5.28 Å². The molecule has 0 N–H and O–H groups in total. The second-order valence-corrected chi connectivity index (χ2v) is 4.76. The molecule has 0 saturated carbocycles. The van der Waals surface area contributed by atoms with Crippen molar-refractivity contribution in [3.8, 4) is 0 Å². The second-order valence-electron chi connectivity index (χ2n) is 4.76. The third kappa shape index (κ3) is 5.28. The summed E-state index contributed by atoms with van der Waals surface area (Å²) in [7, 11) is 0. The average Bonchev–Trinajstić information content (AvgIpc) is 2.26. The van der Waals surface area contributed by atoms with Gasteiger partial charge in [0.1, 0.15) is 5.60 Å². The Kier molecular flexibility index (Phi) is 6.72. The van der Waals surface area contributed by atoms with Crippen molar-refractivity contribution in [2.45, 2.75) is 26.4 Å². The predicted octanol–water partition coefficient (Wildman–Crippen LogP) is -2.08. The molecule has 1 saturated heterocycles. The van der Waals surface area contributed by atoms with Gasteiger partial charge in [-0.1, -0.05) is 0 Å². The first-order valence-corrected chi connectivity index (χ1v) is 5.37. The Hall–Kier alpha value is -0.730. The maximum atomic E-state index is 11.7. The fourth-order valence-electron chi connectivity index (χ4n) is 1.43. The Morgan fingerprint density at radius 1 is 1.28 bits per heavy atom. The molecule has 0 radical (unpaired) electrons. The number of hydrogen-bond donors (Lipinski definition) is 0. The minimum absolute atomic E-state index is 0. The van der Waals surface area contributed by atoms with Gasteiger partial charge in [0.2, 0.25) is 0 Å². The molecule has 1 aliphatic rings. The Morgan fingerprint density at radius 2 is 1.78 bits per heavy atom. The Morgan fingerprint density at radius 3 is 2.17 bits per heavy atom. The third-order valence-corrected chi connectivity index (χ3v) is 2.22. The molecule has 0 aromatic rings. The minimum Gasteiger partial charge on any atom is -0.737 e. The van der Waals surface area contributed by atoms with E-state index in [0.717, 1.165) is 0 Å². The van der Waals surface area contributed by atoms with Gasteiger partial charge >= 0.3 is 35.7 Å². The molecule has 0 atom stereocenters. The molecule has 18 heavy (non-hydrogen) atoms. The topological polar surface area (TPSA) is 94.3 Å². The van der Waals surface area contributed by atoms with Crippen molar-refractivity contribution < 1.29 is 44.1 Å². The number of ether oxygens (including phenoxy) is 1. The van der Waals surface area contributed by atoms with Gasteiger partial charge in [-0.15, -0.1) is 5.01 Å². The summed E-state index contributed by atoms with van der Waals surface area (Å²) in [6.45, 7) is 6.58. The van der Waals surface area contributed by atoms with Crippen LogP contribution in [-0.2, 0) is 4.74 Å². The average molecular weight is 268 g/mol. The van der Waals surface area contributed by atoms with Crippen molar-refractivity contribution in [1.29, 1.82) is 0 Å². The molecule has 1 heterocycles. The van der Waals surface area contributed by atoms with Crippen LogP contribution in [0.2, 0.25) is 0 Å². The molecular weight excluding hydrogens is 251 g/mol. The molecule has 1 amide bonds. The molecule has 1 rings (SSSR count). The molecule has 1 aliphatic heterocycles. The van der Waals surface area contributed by atoms with Crippen LogP contribution in [0.15, 0.2) is 5.28 Å². The van der Waals surface area contributed by atoms with Crippen molar-refractivity contribution >= 4 is 6.09 Å². The summed E-state index contributed by atoms with van der Waals surface area (Å²) < 4.78 is 5.19. The van der Waals surface area contributed by atoms with Crippen LogP contribution in [0.25, 0.3) is 0 Å². The van der Waals surface area contributed by atoms with Gasteiger partial charge in [0.15, 0.2) is 0 Å². The van der Waals surface area contributed by atoms with Crippen LogP contribution in [0, 0.1) is 10.4 Å². The van der Waals surface area contributed by atoms with Crippen molar-refractivity contribution in [3.05, 3.63) is 10.4 Å². The second kappa shape index (κ2) is 7.01. The maximum absolute atomic E-state index is 11.7. The molecule has 9 heteroatoms. The first-order valence-electron chi connectivity index (χ1n) is 5.37. The summed E-state index contributed by atoms with van der Waals surface area (Å²) in [6.07, 6.45) is -0.409. The quantitative estimate of drug-likeness (QED) is 0.235. The third-order valence-electron chi connectivity index (χ3n) is 2.22. The summed E-state index contributed by atoms with van der Waals surface area (Å²) >= 11 is 0. The van der Waals surface area contributed by atoms with Gasteiger partial charge in [0.25, 0.3) is 0 Å². The van der Waals surface area contributed by atoms with Crippen molar-refractivity contribution in [2.75, 3.05) is 26.2 Å². The van der Waals surface area contributed by atoms with Gasteiger partial charge in [0, 0.05) is 18.1 Å². The summed E-state index contributed by atoms with van der Waals surface area (Å²) in [4.78, 5) is 13.2. The van der Waals surface area contributed by atoms with E-state index in [1.54, 1.807) is 20.8 Å². The Labute approximate surface area is 128 Å². The first kappa shape index (κ1) is 17.3. The minimum atomic E-state index is -0.539. The van der Waals surface area contributed by atoms with Gasteiger partial charge in [-0.2, -0.15) is 0 Å². The van der Waals surface area contributed by atoms with E-state index in [1.165, 1.54) is 9.91 Å². The van der Waals surface area contributed by atoms with Crippen LogP contribution in [0.4, 0.5) is 4.79 Å². The van der Waals surface area contributed by atoms with Crippen molar-refractivity contribution in [1.82, 2.24) is 9.91 Å². The summed E-state index contributed by atoms with van der Waals surface area (Å²) in [5.41, 5.74) is -0.539. The van der Waals surface area contributed by atoms with Crippen LogP contribution >= 0.6 is 0 Å². The monoisotopic (exact) mass is 268 g/mol. The van der Waals surface area contributed by atoms with E-state index in [-0.39, 0.29) is 47.6 Å². The molecule has 98 valence electrons. The SMILES string of the molecule is CC(C)(C)OC(=O)N1CCN(/[N+]([O-])=N\[O-])CC1.[Na+]. The zero-order valence-electron chi connectivity index (χ0n) is 11.3. The molecule has 0 aromatic carbocycles. The zero-order chi connectivity index (χ0) is 13.1.